The monoisotopic (exact) mass is 306 g/mol. The molecule has 1 rings (SSSR count). The van der Waals surface area contributed by atoms with Crippen molar-refractivity contribution in [2.45, 2.75) is 25.9 Å². The van der Waals surface area contributed by atoms with Crippen LogP contribution in [0.4, 0.5) is 13.2 Å². The van der Waals surface area contributed by atoms with E-state index >= 15 is 0 Å². The van der Waals surface area contributed by atoms with Gasteiger partial charge in [-0.3, -0.25) is 0 Å². The van der Waals surface area contributed by atoms with E-state index in [-0.39, 0.29) is 5.02 Å². The molecule has 0 aromatic heterocycles. The molecule has 0 aliphatic rings. The van der Waals surface area contributed by atoms with Crippen LogP contribution in [0.3, 0.4) is 0 Å². The quantitative estimate of drug-likeness (QED) is 0.447. The fraction of sp³-hybridized carbons (Fsp3) is 0.357. The minimum absolute atomic E-state index is 0.0718. The van der Waals surface area contributed by atoms with Gasteiger partial charge in [-0.05, 0) is 30.2 Å². The Balaban J connectivity index is 2.71. The molecule has 1 aromatic rings. The molecule has 0 aliphatic heterocycles. The predicted molar refractivity (Wildman–Crippen MR) is 71.4 cm³/mol. The maximum Gasteiger partial charge on any atom is 0.416 e. The van der Waals surface area contributed by atoms with Crippen molar-refractivity contribution in [1.29, 1.82) is 0 Å². The second-order valence-electron chi connectivity index (χ2n) is 4.09. The molecule has 20 heavy (non-hydrogen) atoms. The van der Waals surface area contributed by atoms with Crippen molar-refractivity contribution in [3.8, 4) is 0 Å². The highest BCUT2D eigenvalue weighted by atomic mass is 35.5. The third-order valence-corrected chi connectivity index (χ3v) is 2.80. The smallest absolute Gasteiger partial charge is 0.416 e. The van der Waals surface area contributed by atoms with Crippen molar-refractivity contribution in [3.63, 3.8) is 0 Å². The van der Waals surface area contributed by atoms with Crippen LogP contribution in [0.2, 0.25) is 5.02 Å². The van der Waals surface area contributed by atoms with Gasteiger partial charge >= 0.3 is 12.1 Å². The summed E-state index contributed by atoms with van der Waals surface area (Å²) in [6.45, 7) is 2.28. The second kappa shape index (κ2) is 7.33. The fourth-order valence-corrected chi connectivity index (χ4v) is 1.61. The second-order valence-corrected chi connectivity index (χ2v) is 4.50. The Morgan fingerprint density at radius 1 is 1.40 bits per heavy atom. The standard InChI is InChI=1S/C14H14ClF3O2/c1-2-3-8-20-13(19)7-5-10-4-6-11(9-12(10)15)14(16,17)18/h4-7,9H,2-3,8H2,1H3/b7-5+. The largest absolute Gasteiger partial charge is 0.463 e. The Morgan fingerprint density at radius 2 is 2.10 bits per heavy atom. The lowest BCUT2D eigenvalue weighted by molar-refractivity contribution is -0.138. The number of alkyl halides is 3. The first kappa shape index (κ1) is 16.6. The molecule has 110 valence electrons. The van der Waals surface area contributed by atoms with Crippen molar-refractivity contribution >= 4 is 23.6 Å². The first-order valence-corrected chi connectivity index (χ1v) is 6.44. The van der Waals surface area contributed by atoms with Crippen molar-refractivity contribution < 1.29 is 22.7 Å². The summed E-state index contributed by atoms with van der Waals surface area (Å²) >= 11 is 5.74. The van der Waals surface area contributed by atoms with Gasteiger partial charge in [-0.1, -0.05) is 31.0 Å². The van der Waals surface area contributed by atoms with Gasteiger partial charge in [-0.25, -0.2) is 4.79 Å². The Labute approximate surface area is 120 Å². The zero-order chi connectivity index (χ0) is 15.2. The van der Waals surface area contributed by atoms with Gasteiger partial charge in [-0.2, -0.15) is 13.2 Å². The van der Waals surface area contributed by atoms with Crippen LogP contribution >= 0.6 is 11.6 Å². The molecule has 6 heteroatoms. The van der Waals surface area contributed by atoms with E-state index in [1.807, 2.05) is 6.92 Å². The average molecular weight is 307 g/mol. The molecule has 0 aliphatic carbocycles. The Hall–Kier alpha value is -1.49. The Kier molecular flexibility index (Phi) is 6.07. The third-order valence-electron chi connectivity index (χ3n) is 2.47. The number of unbranched alkanes of at least 4 members (excludes halogenated alkanes) is 1. The molecule has 0 saturated carbocycles. The highest BCUT2D eigenvalue weighted by Crippen LogP contribution is 2.32. The van der Waals surface area contributed by atoms with Crippen LogP contribution in [0.5, 0.6) is 0 Å². The van der Waals surface area contributed by atoms with Crippen LogP contribution in [0.1, 0.15) is 30.9 Å². The highest BCUT2D eigenvalue weighted by molar-refractivity contribution is 6.32. The van der Waals surface area contributed by atoms with Gasteiger partial charge in [0.15, 0.2) is 0 Å². The summed E-state index contributed by atoms with van der Waals surface area (Å²) in [5, 5.41) is -0.0718. The first-order chi connectivity index (χ1) is 9.34. The first-order valence-electron chi connectivity index (χ1n) is 6.06. The molecular formula is C14H14ClF3O2. The minimum atomic E-state index is -4.44. The SMILES string of the molecule is CCCCOC(=O)/C=C/c1ccc(C(F)(F)F)cc1Cl. The van der Waals surface area contributed by atoms with Crippen LogP contribution in [-0.2, 0) is 15.7 Å². The van der Waals surface area contributed by atoms with Crippen molar-refractivity contribution in [1.82, 2.24) is 0 Å². The minimum Gasteiger partial charge on any atom is -0.463 e. The molecule has 2 nitrogen and oxygen atoms in total. The lowest BCUT2D eigenvalue weighted by Crippen LogP contribution is -2.04. The third kappa shape index (κ3) is 5.25. The molecule has 0 bridgehead atoms. The molecule has 1 aromatic carbocycles. The number of halogens is 4. The van der Waals surface area contributed by atoms with E-state index in [9.17, 15) is 18.0 Å². The number of benzene rings is 1. The summed E-state index contributed by atoms with van der Waals surface area (Å²) in [6, 6.07) is 2.94. The number of esters is 1. The summed E-state index contributed by atoms with van der Waals surface area (Å²) in [5.41, 5.74) is -0.503. The van der Waals surface area contributed by atoms with Gasteiger partial charge in [0, 0.05) is 11.1 Å². The van der Waals surface area contributed by atoms with Crippen LogP contribution in [0, 0.1) is 0 Å². The van der Waals surface area contributed by atoms with E-state index in [0.717, 1.165) is 31.1 Å². The molecule has 0 N–H and O–H groups in total. The summed E-state index contributed by atoms with van der Waals surface area (Å²) < 4.78 is 42.2. The molecule has 0 spiro atoms. The van der Waals surface area contributed by atoms with Crippen LogP contribution < -0.4 is 0 Å². The van der Waals surface area contributed by atoms with Crippen LogP contribution in [0.25, 0.3) is 6.08 Å². The molecule has 0 atom stereocenters. The zero-order valence-corrected chi connectivity index (χ0v) is 11.6. The Morgan fingerprint density at radius 3 is 2.65 bits per heavy atom. The van der Waals surface area contributed by atoms with E-state index in [4.69, 9.17) is 16.3 Å². The summed E-state index contributed by atoms with van der Waals surface area (Å²) in [4.78, 5) is 11.3. The lowest BCUT2D eigenvalue weighted by atomic mass is 10.1. The van der Waals surface area contributed by atoms with E-state index in [0.29, 0.717) is 12.2 Å². The van der Waals surface area contributed by atoms with Crippen molar-refractivity contribution in [2.24, 2.45) is 0 Å². The Bertz CT molecular complexity index is 496. The number of rotatable bonds is 5. The molecular weight excluding hydrogens is 293 g/mol. The number of carbonyl (C=O) groups excluding carboxylic acids is 1. The molecule has 0 fully saturated rings. The lowest BCUT2D eigenvalue weighted by Gasteiger charge is -2.07. The highest BCUT2D eigenvalue weighted by Gasteiger charge is 2.30. The van der Waals surface area contributed by atoms with Crippen LogP contribution in [-0.4, -0.2) is 12.6 Å². The number of carbonyl (C=O) groups is 1. The molecule has 0 radical (unpaired) electrons. The van der Waals surface area contributed by atoms with E-state index in [1.165, 1.54) is 12.1 Å². The van der Waals surface area contributed by atoms with Gasteiger partial charge in [0.05, 0.1) is 12.2 Å². The summed E-state index contributed by atoms with van der Waals surface area (Å²) in [5.74, 6) is -0.547. The maximum absolute atomic E-state index is 12.4. The molecule has 0 unspecified atom stereocenters. The van der Waals surface area contributed by atoms with Gasteiger partial charge in [0.2, 0.25) is 0 Å². The van der Waals surface area contributed by atoms with Gasteiger partial charge in [-0.15, -0.1) is 0 Å². The average Bonchev–Trinajstić information content (AvgIpc) is 2.36. The number of ether oxygens (including phenoxy) is 1. The summed E-state index contributed by atoms with van der Waals surface area (Å²) in [7, 11) is 0. The predicted octanol–water partition coefficient (Wildman–Crippen LogP) is 4.72. The van der Waals surface area contributed by atoms with Crippen LogP contribution in [0.15, 0.2) is 24.3 Å². The number of hydrogen-bond acceptors (Lipinski definition) is 2. The molecule has 0 saturated heterocycles. The molecule has 0 heterocycles. The van der Waals surface area contributed by atoms with Gasteiger partial charge in [0.1, 0.15) is 0 Å². The van der Waals surface area contributed by atoms with E-state index < -0.39 is 17.7 Å². The summed E-state index contributed by atoms with van der Waals surface area (Å²) in [6.07, 6.45) is -0.297. The van der Waals surface area contributed by atoms with Gasteiger partial charge in [0.25, 0.3) is 0 Å². The van der Waals surface area contributed by atoms with E-state index in [2.05, 4.69) is 0 Å². The normalized spacial score (nSPS) is 11.8. The maximum atomic E-state index is 12.4. The number of hydrogen-bond donors (Lipinski definition) is 0. The van der Waals surface area contributed by atoms with E-state index in [1.54, 1.807) is 0 Å². The fourth-order valence-electron chi connectivity index (χ4n) is 1.36. The van der Waals surface area contributed by atoms with Crippen molar-refractivity contribution in [2.75, 3.05) is 6.61 Å². The zero-order valence-electron chi connectivity index (χ0n) is 10.8. The van der Waals surface area contributed by atoms with Crippen molar-refractivity contribution in [3.05, 3.63) is 40.4 Å². The van der Waals surface area contributed by atoms with Gasteiger partial charge < -0.3 is 4.74 Å². The molecule has 0 amide bonds. The topological polar surface area (TPSA) is 26.3 Å².